The topological polar surface area (TPSA) is 48.1 Å². The number of aryl methyl sites for hydroxylation is 3. The van der Waals surface area contributed by atoms with Crippen LogP contribution in [0.15, 0.2) is 18.2 Å². The van der Waals surface area contributed by atoms with E-state index in [1.54, 1.807) is 11.3 Å². The third-order valence-electron chi connectivity index (χ3n) is 3.41. The Kier molecular flexibility index (Phi) is 4.69. The first kappa shape index (κ1) is 16.0. The summed E-state index contributed by atoms with van der Waals surface area (Å²) < 4.78 is 5.99. The number of hydrogen-bond donors (Lipinski definition) is 1. The molecule has 0 aliphatic carbocycles. The van der Waals surface area contributed by atoms with E-state index < -0.39 is 0 Å². The average Bonchev–Trinajstić information content (AvgIpc) is 2.81. The van der Waals surface area contributed by atoms with Crippen LogP contribution in [0.3, 0.4) is 0 Å². The number of para-hydroxylation sites is 1. The summed E-state index contributed by atoms with van der Waals surface area (Å²) in [4.78, 5) is 5.84. The summed E-state index contributed by atoms with van der Waals surface area (Å²) in [6.45, 7) is 10.8. The Bertz CT molecular complexity index is 606. The van der Waals surface area contributed by atoms with Gasteiger partial charge in [0.25, 0.3) is 0 Å². The normalized spacial score (nSPS) is 11.7. The molecule has 0 atom stereocenters. The molecule has 0 saturated heterocycles. The number of aromatic nitrogens is 1. The van der Waals surface area contributed by atoms with E-state index in [4.69, 9.17) is 10.5 Å². The molecule has 0 spiro atoms. The van der Waals surface area contributed by atoms with E-state index in [-0.39, 0.29) is 5.54 Å². The van der Waals surface area contributed by atoms with Crippen LogP contribution in [0.1, 0.15) is 47.5 Å². The van der Waals surface area contributed by atoms with Gasteiger partial charge in [0.2, 0.25) is 0 Å². The average molecular weight is 304 g/mol. The Morgan fingerprint density at radius 1 is 1.24 bits per heavy atom. The van der Waals surface area contributed by atoms with Crippen LogP contribution in [0.4, 0.5) is 0 Å². The third-order valence-corrected chi connectivity index (χ3v) is 4.82. The fourth-order valence-corrected chi connectivity index (χ4v) is 3.45. The highest BCUT2D eigenvalue weighted by Gasteiger charge is 2.22. The quantitative estimate of drug-likeness (QED) is 0.905. The smallest absolute Gasteiger partial charge is 0.140 e. The Balaban J connectivity index is 2.20. The highest BCUT2D eigenvalue weighted by Crippen LogP contribution is 2.30. The predicted molar refractivity (Wildman–Crippen MR) is 89.0 cm³/mol. The number of nitrogens with zero attached hydrogens (tertiary/aromatic N) is 1. The molecule has 0 unspecified atom stereocenters. The highest BCUT2D eigenvalue weighted by molar-refractivity contribution is 7.11. The first-order chi connectivity index (χ1) is 9.82. The van der Waals surface area contributed by atoms with Gasteiger partial charge in [0.1, 0.15) is 17.4 Å². The van der Waals surface area contributed by atoms with Crippen molar-refractivity contribution in [3.63, 3.8) is 0 Å². The second-order valence-corrected chi connectivity index (χ2v) is 7.05. The number of nitrogens with two attached hydrogens (primary N) is 1. The van der Waals surface area contributed by atoms with Gasteiger partial charge in [-0.1, -0.05) is 25.1 Å². The Hall–Kier alpha value is -1.39. The van der Waals surface area contributed by atoms with Gasteiger partial charge in [-0.2, -0.15) is 0 Å². The lowest BCUT2D eigenvalue weighted by atomic mass is 10.0. The van der Waals surface area contributed by atoms with Gasteiger partial charge in [-0.15, -0.1) is 11.3 Å². The molecule has 2 N–H and O–H groups in total. The van der Waals surface area contributed by atoms with Crippen LogP contribution in [0.2, 0.25) is 0 Å². The minimum Gasteiger partial charge on any atom is -0.486 e. The van der Waals surface area contributed by atoms with Crippen molar-refractivity contribution in [2.24, 2.45) is 5.73 Å². The summed E-state index contributed by atoms with van der Waals surface area (Å²) >= 11 is 1.66. The molecule has 0 aliphatic heterocycles. The van der Waals surface area contributed by atoms with Crippen LogP contribution >= 0.6 is 11.3 Å². The molecule has 1 heterocycles. The molecule has 2 aromatic rings. The zero-order chi connectivity index (χ0) is 15.6. The van der Waals surface area contributed by atoms with Gasteiger partial charge in [-0.05, 0) is 45.2 Å². The third kappa shape index (κ3) is 3.63. The van der Waals surface area contributed by atoms with Gasteiger partial charge < -0.3 is 10.5 Å². The summed E-state index contributed by atoms with van der Waals surface area (Å²) in [6.07, 6.45) is 0.899. The van der Waals surface area contributed by atoms with Crippen molar-refractivity contribution in [2.75, 3.05) is 0 Å². The van der Waals surface area contributed by atoms with Gasteiger partial charge in [0.05, 0.1) is 5.69 Å². The Labute approximate surface area is 131 Å². The summed E-state index contributed by atoms with van der Waals surface area (Å²) in [6, 6.07) is 6.18. The van der Waals surface area contributed by atoms with Crippen molar-refractivity contribution in [2.45, 2.75) is 53.2 Å². The molecule has 1 aromatic heterocycles. The van der Waals surface area contributed by atoms with Crippen molar-refractivity contribution < 1.29 is 4.74 Å². The van der Waals surface area contributed by atoms with Crippen molar-refractivity contribution in [1.29, 1.82) is 0 Å². The summed E-state index contributed by atoms with van der Waals surface area (Å²) in [5, 5.41) is 0.989. The molecule has 2 rings (SSSR count). The maximum atomic E-state index is 6.23. The number of benzene rings is 1. The van der Waals surface area contributed by atoms with Crippen LogP contribution in [0.25, 0.3) is 0 Å². The second-order valence-electron chi connectivity index (χ2n) is 5.97. The molecule has 3 nitrogen and oxygen atoms in total. The molecular weight excluding hydrogens is 280 g/mol. The number of ether oxygens (including phenoxy) is 1. The van der Waals surface area contributed by atoms with Crippen LogP contribution in [-0.4, -0.2) is 4.98 Å². The molecule has 114 valence electrons. The zero-order valence-electron chi connectivity index (χ0n) is 13.5. The summed E-state index contributed by atoms with van der Waals surface area (Å²) in [5.74, 6) is 0.958. The fourth-order valence-electron chi connectivity index (χ4n) is 2.37. The monoisotopic (exact) mass is 304 g/mol. The van der Waals surface area contributed by atoms with Crippen molar-refractivity contribution >= 4 is 11.3 Å². The maximum absolute atomic E-state index is 6.23. The number of rotatable bonds is 5. The zero-order valence-corrected chi connectivity index (χ0v) is 14.3. The SMILES string of the molecule is CCc1nc(COc2c(C)cccc2C)sc1C(C)(C)N. The Morgan fingerprint density at radius 2 is 1.86 bits per heavy atom. The van der Waals surface area contributed by atoms with E-state index in [9.17, 15) is 0 Å². The molecule has 0 aliphatic rings. The largest absolute Gasteiger partial charge is 0.486 e. The van der Waals surface area contributed by atoms with E-state index in [1.165, 1.54) is 0 Å². The number of thiazole rings is 1. The van der Waals surface area contributed by atoms with Gasteiger partial charge in [0, 0.05) is 10.4 Å². The van der Waals surface area contributed by atoms with Gasteiger partial charge in [-0.25, -0.2) is 4.98 Å². The van der Waals surface area contributed by atoms with Gasteiger partial charge in [-0.3, -0.25) is 0 Å². The number of hydrogen-bond acceptors (Lipinski definition) is 4. The molecule has 0 amide bonds. The second kappa shape index (κ2) is 6.16. The van der Waals surface area contributed by atoms with E-state index in [1.807, 2.05) is 19.9 Å². The highest BCUT2D eigenvalue weighted by atomic mass is 32.1. The predicted octanol–water partition coefficient (Wildman–Crippen LogP) is 4.10. The minimum atomic E-state index is -0.347. The molecule has 1 aromatic carbocycles. The molecule has 4 heteroatoms. The van der Waals surface area contributed by atoms with Crippen LogP contribution in [0.5, 0.6) is 5.75 Å². The van der Waals surface area contributed by atoms with Crippen molar-refractivity contribution in [3.8, 4) is 5.75 Å². The molecule has 0 saturated carbocycles. The standard InChI is InChI=1S/C17H24N2OS/c1-6-13-16(17(4,5)18)21-14(19-13)10-20-15-11(2)8-7-9-12(15)3/h7-9H,6,10,18H2,1-5H3. The fraction of sp³-hybridized carbons (Fsp3) is 0.471. The van der Waals surface area contributed by atoms with Crippen LogP contribution < -0.4 is 10.5 Å². The van der Waals surface area contributed by atoms with E-state index in [2.05, 4.69) is 37.9 Å². The van der Waals surface area contributed by atoms with Crippen molar-refractivity contribution in [3.05, 3.63) is 44.9 Å². The van der Waals surface area contributed by atoms with E-state index in [0.29, 0.717) is 6.61 Å². The van der Waals surface area contributed by atoms with E-state index in [0.717, 1.165) is 38.9 Å². The van der Waals surface area contributed by atoms with Crippen molar-refractivity contribution in [1.82, 2.24) is 4.98 Å². The van der Waals surface area contributed by atoms with E-state index >= 15 is 0 Å². The Morgan fingerprint density at radius 3 is 2.33 bits per heavy atom. The molecule has 0 bridgehead atoms. The lowest BCUT2D eigenvalue weighted by Crippen LogP contribution is -2.28. The first-order valence-electron chi connectivity index (χ1n) is 7.30. The first-order valence-corrected chi connectivity index (χ1v) is 8.11. The molecule has 0 radical (unpaired) electrons. The van der Waals surface area contributed by atoms with Gasteiger partial charge in [0.15, 0.2) is 0 Å². The lowest BCUT2D eigenvalue weighted by molar-refractivity contribution is 0.301. The van der Waals surface area contributed by atoms with Crippen LogP contribution in [-0.2, 0) is 18.6 Å². The molecular formula is C17H24N2OS. The van der Waals surface area contributed by atoms with Crippen LogP contribution in [0, 0.1) is 13.8 Å². The van der Waals surface area contributed by atoms with Gasteiger partial charge >= 0.3 is 0 Å². The minimum absolute atomic E-state index is 0.347. The summed E-state index contributed by atoms with van der Waals surface area (Å²) in [5.41, 5.74) is 9.28. The lowest BCUT2D eigenvalue weighted by Gasteiger charge is -2.17. The maximum Gasteiger partial charge on any atom is 0.140 e. The molecule has 0 fully saturated rings. The summed E-state index contributed by atoms with van der Waals surface area (Å²) in [7, 11) is 0. The molecule has 21 heavy (non-hydrogen) atoms.